The van der Waals surface area contributed by atoms with E-state index in [4.69, 9.17) is 4.74 Å². The molecule has 0 saturated heterocycles. The molecule has 0 amide bonds. The Labute approximate surface area is 113 Å². The number of aliphatic hydroxyl groups is 1. The first kappa shape index (κ1) is 13.1. The second-order valence-corrected chi connectivity index (χ2v) is 4.83. The fourth-order valence-corrected chi connectivity index (χ4v) is 1.95. The first-order chi connectivity index (χ1) is 8.56. The van der Waals surface area contributed by atoms with E-state index in [2.05, 4.69) is 15.9 Å². The summed E-state index contributed by atoms with van der Waals surface area (Å²) in [5, 5.41) is 9.69. The molecule has 2 aromatic carbocycles. The Morgan fingerprint density at radius 3 is 2.44 bits per heavy atom. The van der Waals surface area contributed by atoms with Crippen molar-refractivity contribution in [2.45, 2.75) is 13.0 Å². The number of aliphatic hydroxyl groups excluding tert-OH is 1. The minimum absolute atomic E-state index is 0.311. The molecule has 0 aliphatic heterocycles. The van der Waals surface area contributed by atoms with Crippen molar-refractivity contribution in [3.05, 3.63) is 58.3 Å². The van der Waals surface area contributed by atoms with Crippen molar-refractivity contribution in [1.82, 2.24) is 0 Å². The van der Waals surface area contributed by atoms with Gasteiger partial charge in [-0.1, -0.05) is 15.9 Å². The molecule has 0 aromatic heterocycles. The van der Waals surface area contributed by atoms with E-state index in [1.165, 1.54) is 12.1 Å². The predicted molar refractivity (Wildman–Crippen MR) is 71.2 cm³/mol. The van der Waals surface area contributed by atoms with Gasteiger partial charge in [-0.15, -0.1) is 0 Å². The van der Waals surface area contributed by atoms with E-state index in [1.807, 2.05) is 6.07 Å². The molecule has 0 aliphatic carbocycles. The van der Waals surface area contributed by atoms with Crippen LogP contribution in [0.5, 0.6) is 11.5 Å². The van der Waals surface area contributed by atoms with Crippen LogP contribution in [0.25, 0.3) is 0 Å². The van der Waals surface area contributed by atoms with Crippen LogP contribution in [0, 0.1) is 5.82 Å². The molecule has 1 unspecified atom stereocenters. The van der Waals surface area contributed by atoms with Gasteiger partial charge in [-0.05, 0) is 49.4 Å². The van der Waals surface area contributed by atoms with Gasteiger partial charge in [-0.25, -0.2) is 4.39 Å². The van der Waals surface area contributed by atoms with Gasteiger partial charge in [0.2, 0.25) is 0 Å². The van der Waals surface area contributed by atoms with Crippen molar-refractivity contribution < 1.29 is 14.2 Å². The molecule has 1 atom stereocenters. The lowest BCUT2D eigenvalue weighted by Crippen LogP contribution is -1.96. The van der Waals surface area contributed by atoms with E-state index < -0.39 is 6.10 Å². The molecule has 0 bridgehead atoms. The molecule has 1 N–H and O–H groups in total. The highest BCUT2D eigenvalue weighted by molar-refractivity contribution is 9.10. The van der Waals surface area contributed by atoms with Gasteiger partial charge >= 0.3 is 0 Å². The first-order valence-corrected chi connectivity index (χ1v) is 6.26. The molecule has 18 heavy (non-hydrogen) atoms. The first-order valence-electron chi connectivity index (χ1n) is 5.47. The van der Waals surface area contributed by atoms with Crippen molar-refractivity contribution >= 4 is 15.9 Å². The lowest BCUT2D eigenvalue weighted by atomic mass is 10.1. The number of hydrogen-bond donors (Lipinski definition) is 1. The van der Waals surface area contributed by atoms with Crippen molar-refractivity contribution in [1.29, 1.82) is 0 Å². The minimum atomic E-state index is -0.641. The van der Waals surface area contributed by atoms with Crippen LogP contribution in [-0.2, 0) is 0 Å². The molecule has 0 heterocycles. The van der Waals surface area contributed by atoms with Gasteiger partial charge < -0.3 is 9.84 Å². The summed E-state index contributed by atoms with van der Waals surface area (Å²) in [7, 11) is 0. The van der Waals surface area contributed by atoms with Crippen LogP contribution < -0.4 is 4.74 Å². The van der Waals surface area contributed by atoms with Crippen LogP contribution in [0.2, 0.25) is 0 Å². The van der Waals surface area contributed by atoms with Crippen LogP contribution in [0.1, 0.15) is 18.6 Å². The highest BCUT2D eigenvalue weighted by atomic mass is 79.9. The summed E-state index contributed by atoms with van der Waals surface area (Å²) in [5.74, 6) is 0.773. The maximum absolute atomic E-state index is 12.8. The van der Waals surface area contributed by atoms with E-state index in [9.17, 15) is 9.50 Å². The number of hydrogen-bond acceptors (Lipinski definition) is 2. The SMILES string of the molecule is CC(O)c1cc(Br)ccc1Oc1ccc(F)cc1. The minimum Gasteiger partial charge on any atom is -0.457 e. The van der Waals surface area contributed by atoms with Crippen molar-refractivity contribution in [3.8, 4) is 11.5 Å². The molecular weight excluding hydrogens is 299 g/mol. The Kier molecular flexibility index (Phi) is 3.99. The Hall–Kier alpha value is -1.39. The monoisotopic (exact) mass is 310 g/mol. The molecule has 0 radical (unpaired) electrons. The number of ether oxygens (including phenoxy) is 1. The Bertz CT molecular complexity index is 538. The fourth-order valence-electron chi connectivity index (χ4n) is 1.57. The lowest BCUT2D eigenvalue weighted by Gasteiger charge is -2.13. The number of rotatable bonds is 3. The Morgan fingerprint density at radius 2 is 1.83 bits per heavy atom. The van der Waals surface area contributed by atoms with E-state index >= 15 is 0 Å². The van der Waals surface area contributed by atoms with Gasteiger partial charge in [0.15, 0.2) is 0 Å². The third kappa shape index (κ3) is 3.09. The molecule has 2 rings (SSSR count). The fraction of sp³-hybridized carbons (Fsp3) is 0.143. The van der Waals surface area contributed by atoms with Crippen LogP contribution in [0.4, 0.5) is 4.39 Å². The van der Waals surface area contributed by atoms with Gasteiger partial charge in [0.25, 0.3) is 0 Å². The molecule has 2 aromatic rings. The van der Waals surface area contributed by atoms with E-state index in [1.54, 1.807) is 31.2 Å². The van der Waals surface area contributed by atoms with Gasteiger partial charge in [-0.3, -0.25) is 0 Å². The van der Waals surface area contributed by atoms with Gasteiger partial charge in [0.05, 0.1) is 6.10 Å². The largest absolute Gasteiger partial charge is 0.457 e. The molecule has 0 saturated carbocycles. The zero-order valence-electron chi connectivity index (χ0n) is 9.73. The third-order valence-electron chi connectivity index (χ3n) is 2.46. The summed E-state index contributed by atoms with van der Waals surface area (Å²) in [6.07, 6.45) is -0.641. The quantitative estimate of drug-likeness (QED) is 0.908. The van der Waals surface area contributed by atoms with E-state index in [-0.39, 0.29) is 5.82 Å². The Morgan fingerprint density at radius 1 is 1.17 bits per heavy atom. The average molecular weight is 311 g/mol. The van der Waals surface area contributed by atoms with Crippen LogP contribution in [0.3, 0.4) is 0 Å². The average Bonchev–Trinajstić information content (AvgIpc) is 2.34. The summed E-state index contributed by atoms with van der Waals surface area (Å²) in [4.78, 5) is 0. The van der Waals surface area contributed by atoms with Crippen LogP contribution in [0.15, 0.2) is 46.9 Å². The summed E-state index contributed by atoms with van der Waals surface area (Å²) >= 11 is 3.34. The maximum atomic E-state index is 12.8. The molecule has 2 nitrogen and oxygen atoms in total. The number of halogens is 2. The molecule has 0 aliphatic rings. The van der Waals surface area contributed by atoms with E-state index in [0.29, 0.717) is 17.1 Å². The smallest absolute Gasteiger partial charge is 0.133 e. The van der Waals surface area contributed by atoms with Gasteiger partial charge in [0.1, 0.15) is 17.3 Å². The van der Waals surface area contributed by atoms with Crippen LogP contribution in [-0.4, -0.2) is 5.11 Å². The summed E-state index contributed by atoms with van der Waals surface area (Å²) < 4.78 is 19.3. The maximum Gasteiger partial charge on any atom is 0.133 e. The Balaban J connectivity index is 2.31. The summed E-state index contributed by atoms with van der Waals surface area (Å²) in [5.41, 5.74) is 0.675. The van der Waals surface area contributed by atoms with Crippen molar-refractivity contribution in [2.24, 2.45) is 0 Å². The van der Waals surface area contributed by atoms with Crippen molar-refractivity contribution in [2.75, 3.05) is 0 Å². The van der Waals surface area contributed by atoms with Gasteiger partial charge in [-0.2, -0.15) is 0 Å². The normalized spacial score (nSPS) is 12.2. The highest BCUT2D eigenvalue weighted by Crippen LogP contribution is 2.32. The zero-order chi connectivity index (χ0) is 13.1. The van der Waals surface area contributed by atoms with E-state index in [0.717, 1.165) is 4.47 Å². The third-order valence-corrected chi connectivity index (χ3v) is 2.96. The molecule has 94 valence electrons. The van der Waals surface area contributed by atoms with Crippen molar-refractivity contribution in [3.63, 3.8) is 0 Å². The number of benzene rings is 2. The zero-order valence-corrected chi connectivity index (χ0v) is 11.3. The standard InChI is InChI=1S/C14H12BrFO2/c1-9(17)13-8-10(15)2-7-14(13)18-12-5-3-11(16)4-6-12/h2-9,17H,1H3. The second-order valence-electron chi connectivity index (χ2n) is 3.91. The summed E-state index contributed by atoms with van der Waals surface area (Å²) in [6.45, 7) is 1.67. The second kappa shape index (κ2) is 5.50. The molecule has 4 heteroatoms. The van der Waals surface area contributed by atoms with Gasteiger partial charge in [0, 0.05) is 10.0 Å². The topological polar surface area (TPSA) is 29.5 Å². The molecule has 0 spiro atoms. The van der Waals surface area contributed by atoms with Crippen LogP contribution >= 0.6 is 15.9 Å². The molecular formula is C14H12BrFO2. The lowest BCUT2D eigenvalue weighted by molar-refractivity contribution is 0.195. The summed E-state index contributed by atoms with van der Waals surface area (Å²) in [6, 6.07) is 11.1. The highest BCUT2D eigenvalue weighted by Gasteiger charge is 2.10. The molecule has 0 fully saturated rings. The predicted octanol–water partition coefficient (Wildman–Crippen LogP) is 4.43.